The zero-order valence-corrected chi connectivity index (χ0v) is 12.0. The van der Waals surface area contributed by atoms with Gasteiger partial charge in [0.1, 0.15) is 0 Å². The summed E-state index contributed by atoms with van der Waals surface area (Å²) < 4.78 is 8.23. The third-order valence-corrected chi connectivity index (χ3v) is 3.39. The lowest BCUT2D eigenvalue weighted by Gasteiger charge is -2.06. The second-order valence-corrected chi connectivity index (χ2v) is 4.98. The van der Waals surface area contributed by atoms with Gasteiger partial charge in [-0.15, -0.1) is 0 Å². The molecule has 0 atom stereocenters. The number of imidazole rings is 1. The van der Waals surface area contributed by atoms with Crippen molar-refractivity contribution >= 4 is 34.9 Å². The van der Waals surface area contributed by atoms with E-state index in [0.717, 1.165) is 48.7 Å². The Morgan fingerprint density at radius 2 is 2.22 bits per heavy atom. The van der Waals surface area contributed by atoms with Gasteiger partial charge in [-0.3, -0.25) is 0 Å². The highest BCUT2D eigenvalue weighted by molar-refractivity contribution is 7.71. The standard InChI is InChI=1S/C13H17ClN2OS/c1-2-8-17-9-4-7-16-12-10(14)5-3-6-11(12)15-13(16)18/h3,5-6H,2,4,7-9H2,1H3,(H,15,18). The van der Waals surface area contributed by atoms with Crippen molar-refractivity contribution in [3.8, 4) is 0 Å². The van der Waals surface area contributed by atoms with Gasteiger partial charge in [-0.1, -0.05) is 24.6 Å². The topological polar surface area (TPSA) is 29.9 Å². The van der Waals surface area contributed by atoms with Gasteiger partial charge in [0.05, 0.1) is 16.1 Å². The molecule has 0 amide bonds. The Morgan fingerprint density at radius 1 is 1.39 bits per heavy atom. The van der Waals surface area contributed by atoms with Crippen molar-refractivity contribution in [1.82, 2.24) is 9.55 Å². The van der Waals surface area contributed by atoms with Crippen LogP contribution in [-0.4, -0.2) is 22.8 Å². The number of fused-ring (bicyclic) bond motifs is 1. The molecule has 0 radical (unpaired) electrons. The Labute approximate surface area is 117 Å². The number of aryl methyl sites for hydroxylation is 1. The first-order chi connectivity index (χ1) is 8.74. The van der Waals surface area contributed by atoms with Gasteiger partial charge in [-0.25, -0.2) is 0 Å². The number of hydrogen-bond donors (Lipinski definition) is 1. The highest BCUT2D eigenvalue weighted by Gasteiger charge is 2.07. The molecule has 0 fully saturated rings. The predicted octanol–water partition coefficient (Wildman–Crippen LogP) is 4.17. The second kappa shape index (κ2) is 6.36. The number of halogens is 1. The Balaban J connectivity index is 2.12. The van der Waals surface area contributed by atoms with Gasteiger partial charge < -0.3 is 14.3 Å². The summed E-state index contributed by atoms with van der Waals surface area (Å²) in [5.74, 6) is 0. The van der Waals surface area contributed by atoms with Gasteiger partial charge in [-0.2, -0.15) is 0 Å². The van der Waals surface area contributed by atoms with Crippen LogP contribution in [0.15, 0.2) is 18.2 Å². The summed E-state index contributed by atoms with van der Waals surface area (Å²) in [7, 11) is 0. The average Bonchev–Trinajstić information content (AvgIpc) is 2.67. The van der Waals surface area contributed by atoms with Crippen LogP contribution in [0.2, 0.25) is 5.02 Å². The van der Waals surface area contributed by atoms with Crippen LogP contribution >= 0.6 is 23.8 Å². The summed E-state index contributed by atoms with van der Waals surface area (Å²) >= 11 is 11.5. The molecular weight excluding hydrogens is 268 g/mol. The molecule has 1 N–H and O–H groups in total. The average molecular weight is 285 g/mol. The summed E-state index contributed by atoms with van der Waals surface area (Å²) in [5.41, 5.74) is 1.97. The SMILES string of the molecule is CCCOCCCn1c(=S)[nH]c2cccc(Cl)c21. The number of aromatic amines is 1. The Kier molecular flexibility index (Phi) is 4.80. The van der Waals surface area contributed by atoms with Crippen LogP contribution in [0, 0.1) is 4.77 Å². The fourth-order valence-corrected chi connectivity index (χ4v) is 2.53. The molecule has 0 aliphatic rings. The fraction of sp³-hybridized carbons (Fsp3) is 0.462. The van der Waals surface area contributed by atoms with Crippen LogP contribution in [-0.2, 0) is 11.3 Å². The maximum atomic E-state index is 6.22. The van der Waals surface area contributed by atoms with Crippen molar-refractivity contribution in [1.29, 1.82) is 0 Å². The van der Waals surface area contributed by atoms with Crippen LogP contribution in [0.5, 0.6) is 0 Å². The summed E-state index contributed by atoms with van der Waals surface area (Å²) in [6, 6.07) is 5.79. The van der Waals surface area contributed by atoms with Crippen molar-refractivity contribution in [3.63, 3.8) is 0 Å². The molecule has 0 spiro atoms. The van der Waals surface area contributed by atoms with Gasteiger partial charge in [0.15, 0.2) is 4.77 Å². The molecule has 98 valence electrons. The zero-order valence-electron chi connectivity index (χ0n) is 10.4. The minimum atomic E-state index is 0.716. The van der Waals surface area contributed by atoms with E-state index in [1.807, 2.05) is 22.8 Å². The van der Waals surface area contributed by atoms with E-state index in [0.29, 0.717) is 4.77 Å². The minimum Gasteiger partial charge on any atom is -0.381 e. The second-order valence-electron chi connectivity index (χ2n) is 4.18. The monoisotopic (exact) mass is 284 g/mol. The molecule has 3 nitrogen and oxygen atoms in total. The third-order valence-electron chi connectivity index (χ3n) is 2.76. The quantitative estimate of drug-likeness (QED) is 0.637. The van der Waals surface area contributed by atoms with Crippen LogP contribution in [0.1, 0.15) is 19.8 Å². The number of ether oxygens (including phenoxy) is 1. The van der Waals surface area contributed by atoms with Crippen LogP contribution < -0.4 is 0 Å². The summed E-state index contributed by atoms with van der Waals surface area (Å²) in [6.45, 7) is 4.51. The molecule has 1 aromatic carbocycles. The van der Waals surface area contributed by atoms with E-state index in [1.54, 1.807) is 0 Å². The summed E-state index contributed by atoms with van der Waals surface area (Å²) in [4.78, 5) is 3.17. The van der Waals surface area contributed by atoms with Crippen molar-refractivity contribution in [3.05, 3.63) is 28.0 Å². The molecule has 1 aromatic heterocycles. The molecule has 1 heterocycles. The first-order valence-corrected chi connectivity index (χ1v) is 6.97. The number of nitrogens with one attached hydrogen (secondary N) is 1. The number of para-hydroxylation sites is 1. The Bertz CT molecular complexity index is 576. The lowest BCUT2D eigenvalue weighted by molar-refractivity contribution is 0.129. The van der Waals surface area contributed by atoms with Gasteiger partial charge in [0, 0.05) is 19.8 Å². The van der Waals surface area contributed by atoms with E-state index >= 15 is 0 Å². The molecule has 0 unspecified atom stereocenters. The molecule has 0 bridgehead atoms. The Hall–Kier alpha value is -0.840. The molecule has 0 aliphatic heterocycles. The number of H-pyrrole nitrogens is 1. The zero-order chi connectivity index (χ0) is 13.0. The number of rotatable bonds is 6. The number of aromatic nitrogens is 2. The first-order valence-electron chi connectivity index (χ1n) is 6.19. The van der Waals surface area contributed by atoms with Crippen LogP contribution in [0.4, 0.5) is 0 Å². The van der Waals surface area contributed by atoms with Crippen LogP contribution in [0.3, 0.4) is 0 Å². The molecule has 0 aliphatic carbocycles. The van der Waals surface area contributed by atoms with E-state index in [9.17, 15) is 0 Å². The lowest BCUT2D eigenvalue weighted by atomic mass is 10.3. The van der Waals surface area contributed by atoms with E-state index in [1.165, 1.54) is 0 Å². The van der Waals surface area contributed by atoms with Gasteiger partial charge in [0.25, 0.3) is 0 Å². The number of benzene rings is 1. The molecule has 2 aromatic rings. The maximum Gasteiger partial charge on any atom is 0.178 e. The minimum absolute atomic E-state index is 0.716. The number of hydrogen-bond acceptors (Lipinski definition) is 2. The van der Waals surface area contributed by atoms with Crippen molar-refractivity contribution < 1.29 is 4.74 Å². The van der Waals surface area contributed by atoms with Gasteiger partial charge in [0.2, 0.25) is 0 Å². The van der Waals surface area contributed by atoms with E-state index in [2.05, 4.69) is 11.9 Å². The Morgan fingerprint density at radius 3 is 3.00 bits per heavy atom. The molecule has 0 saturated heterocycles. The van der Waals surface area contributed by atoms with Crippen molar-refractivity contribution in [2.75, 3.05) is 13.2 Å². The maximum absolute atomic E-state index is 6.22. The molecule has 5 heteroatoms. The van der Waals surface area contributed by atoms with Crippen molar-refractivity contribution in [2.24, 2.45) is 0 Å². The van der Waals surface area contributed by atoms with Gasteiger partial charge in [-0.05, 0) is 37.2 Å². The highest BCUT2D eigenvalue weighted by Crippen LogP contribution is 2.23. The third kappa shape index (κ3) is 2.94. The fourth-order valence-electron chi connectivity index (χ4n) is 1.96. The van der Waals surface area contributed by atoms with E-state index in [4.69, 9.17) is 28.6 Å². The first kappa shape index (κ1) is 13.6. The van der Waals surface area contributed by atoms with E-state index in [-0.39, 0.29) is 0 Å². The lowest BCUT2D eigenvalue weighted by Crippen LogP contribution is -2.03. The largest absolute Gasteiger partial charge is 0.381 e. The molecular formula is C13H17ClN2OS. The molecule has 2 rings (SSSR count). The van der Waals surface area contributed by atoms with E-state index < -0.39 is 0 Å². The normalized spacial score (nSPS) is 11.2. The number of nitrogens with zero attached hydrogens (tertiary/aromatic N) is 1. The predicted molar refractivity (Wildman–Crippen MR) is 77.9 cm³/mol. The van der Waals surface area contributed by atoms with Crippen molar-refractivity contribution in [2.45, 2.75) is 26.3 Å². The molecule has 18 heavy (non-hydrogen) atoms. The highest BCUT2D eigenvalue weighted by atomic mass is 35.5. The summed E-state index contributed by atoms with van der Waals surface area (Å²) in [5, 5.41) is 0.731. The van der Waals surface area contributed by atoms with Gasteiger partial charge >= 0.3 is 0 Å². The smallest absolute Gasteiger partial charge is 0.178 e. The van der Waals surface area contributed by atoms with Crippen LogP contribution in [0.25, 0.3) is 11.0 Å². The molecule has 0 saturated carbocycles. The summed E-state index contributed by atoms with van der Waals surface area (Å²) in [6.07, 6.45) is 1.99.